The molecule has 1 atom stereocenters. The van der Waals surface area contributed by atoms with Crippen LogP contribution in [-0.2, 0) is 10.5 Å². The fourth-order valence-corrected chi connectivity index (χ4v) is 4.68. The molecule has 0 aliphatic carbocycles. The number of hydrogen-bond acceptors (Lipinski definition) is 5. The Kier molecular flexibility index (Phi) is 8.73. The van der Waals surface area contributed by atoms with Crippen LogP contribution in [0.4, 0.5) is 0 Å². The number of halogens is 1. The van der Waals surface area contributed by atoms with Crippen molar-refractivity contribution in [2.75, 3.05) is 27.3 Å². The van der Waals surface area contributed by atoms with Crippen molar-refractivity contribution in [1.29, 1.82) is 0 Å². The van der Waals surface area contributed by atoms with Crippen LogP contribution in [0.5, 0.6) is 0 Å². The maximum absolute atomic E-state index is 12.4. The summed E-state index contributed by atoms with van der Waals surface area (Å²) in [6, 6.07) is 15.4. The molecule has 0 spiro atoms. The van der Waals surface area contributed by atoms with Crippen LogP contribution in [0.15, 0.2) is 53.7 Å². The standard InChI is InChI=1S/C24H29ClN4O2S/c1-5-14-28(3)23(30)19-12-10-18(11-13-19)16-32-24-27-26-22(29(24)17(2)15-31-4)20-8-6-7-9-21(20)25/h6-13,17H,5,14-16H2,1-4H3/t17-/m1/s1. The third kappa shape index (κ3) is 5.71. The van der Waals surface area contributed by atoms with E-state index in [-0.39, 0.29) is 11.9 Å². The number of thioether (sulfide) groups is 1. The molecule has 0 aliphatic rings. The Labute approximate surface area is 198 Å². The number of methoxy groups -OCH3 is 1. The highest BCUT2D eigenvalue weighted by Crippen LogP contribution is 2.33. The Morgan fingerprint density at radius 3 is 2.56 bits per heavy atom. The first-order valence-electron chi connectivity index (χ1n) is 10.6. The molecule has 0 aliphatic heterocycles. The number of carbonyl (C=O) groups is 1. The van der Waals surface area contributed by atoms with Crippen LogP contribution in [-0.4, -0.2) is 52.9 Å². The first-order valence-corrected chi connectivity index (χ1v) is 12.0. The lowest BCUT2D eigenvalue weighted by molar-refractivity contribution is 0.0795. The molecule has 0 saturated carbocycles. The van der Waals surface area contributed by atoms with Crippen molar-refractivity contribution in [2.45, 2.75) is 37.2 Å². The molecular weight excluding hydrogens is 444 g/mol. The predicted molar refractivity (Wildman–Crippen MR) is 130 cm³/mol. The number of rotatable bonds is 10. The quantitative estimate of drug-likeness (QED) is 0.360. The zero-order valence-corrected chi connectivity index (χ0v) is 20.5. The Hall–Kier alpha value is -2.35. The van der Waals surface area contributed by atoms with Gasteiger partial charge in [-0.1, -0.05) is 54.6 Å². The van der Waals surface area contributed by atoms with Crippen LogP contribution in [0.3, 0.4) is 0 Å². The van der Waals surface area contributed by atoms with Crippen LogP contribution in [0.1, 0.15) is 42.2 Å². The van der Waals surface area contributed by atoms with E-state index >= 15 is 0 Å². The van der Waals surface area contributed by atoms with Gasteiger partial charge in [0.2, 0.25) is 0 Å². The average Bonchev–Trinajstić information content (AvgIpc) is 3.22. The minimum atomic E-state index is 0.0397. The van der Waals surface area contributed by atoms with Crippen molar-refractivity contribution in [2.24, 2.45) is 0 Å². The van der Waals surface area contributed by atoms with Crippen LogP contribution in [0, 0.1) is 0 Å². The minimum Gasteiger partial charge on any atom is -0.383 e. The van der Waals surface area contributed by atoms with E-state index in [1.54, 1.807) is 23.8 Å². The molecule has 1 heterocycles. The van der Waals surface area contributed by atoms with Gasteiger partial charge in [0, 0.05) is 37.6 Å². The number of benzene rings is 2. The molecule has 0 unspecified atom stereocenters. The van der Waals surface area contributed by atoms with E-state index < -0.39 is 0 Å². The molecule has 3 aromatic rings. The van der Waals surface area contributed by atoms with E-state index in [2.05, 4.69) is 28.6 Å². The van der Waals surface area contributed by atoms with Gasteiger partial charge in [-0.25, -0.2) is 0 Å². The Balaban J connectivity index is 1.79. The van der Waals surface area contributed by atoms with E-state index in [9.17, 15) is 4.79 Å². The van der Waals surface area contributed by atoms with Gasteiger partial charge in [0.1, 0.15) is 0 Å². The van der Waals surface area contributed by atoms with Crippen molar-refractivity contribution < 1.29 is 9.53 Å². The average molecular weight is 473 g/mol. The lowest BCUT2D eigenvalue weighted by Gasteiger charge is -2.18. The van der Waals surface area contributed by atoms with Crippen molar-refractivity contribution in [1.82, 2.24) is 19.7 Å². The minimum absolute atomic E-state index is 0.0397. The van der Waals surface area contributed by atoms with Gasteiger partial charge in [-0.2, -0.15) is 0 Å². The summed E-state index contributed by atoms with van der Waals surface area (Å²) in [4.78, 5) is 14.2. The van der Waals surface area contributed by atoms with Crippen molar-refractivity contribution >= 4 is 29.3 Å². The van der Waals surface area contributed by atoms with E-state index in [1.165, 1.54) is 0 Å². The zero-order valence-electron chi connectivity index (χ0n) is 18.9. The second kappa shape index (κ2) is 11.5. The largest absolute Gasteiger partial charge is 0.383 e. The van der Waals surface area contributed by atoms with Gasteiger partial charge >= 0.3 is 0 Å². The molecule has 0 fully saturated rings. The van der Waals surface area contributed by atoms with Gasteiger partial charge in [-0.3, -0.25) is 9.36 Å². The van der Waals surface area contributed by atoms with Gasteiger partial charge in [0.15, 0.2) is 11.0 Å². The van der Waals surface area contributed by atoms with Crippen molar-refractivity contribution in [3.05, 3.63) is 64.7 Å². The summed E-state index contributed by atoms with van der Waals surface area (Å²) in [6.45, 7) is 5.42. The summed E-state index contributed by atoms with van der Waals surface area (Å²) in [5.41, 5.74) is 2.65. The van der Waals surface area contributed by atoms with Gasteiger partial charge in [0.25, 0.3) is 5.91 Å². The number of aromatic nitrogens is 3. The fourth-order valence-electron chi connectivity index (χ4n) is 3.46. The summed E-state index contributed by atoms with van der Waals surface area (Å²) >= 11 is 8.03. The molecule has 8 heteroatoms. The van der Waals surface area contributed by atoms with Gasteiger partial charge in [-0.05, 0) is 43.2 Å². The molecule has 1 aromatic heterocycles. The topological polar surface area (TPSA) is 60.2 Å². The van der Waals surface area contributed by atoms with Crippen LogP contribution in [0.25, 0.3) is 11.4 Å². The first-order chi connectivity index (χ1) is 15.5. The van der Waals surface area contributed by atoms with Crippen molar-refractivity contribution in [3.8, 4) is 11.4 Å². The van der Waals surface area contributed by atoms with Crippen LogP contribution < -0.4 is 0 Å². The maximum Gasteiger partial charge on any atom is 0.253 e. The molecule has 0 radical (unpaired) electrons. The molecule has 3 rings (SSSR count). The Morgan fingerprint density at radius 2 is 1.91 bits per heavy atom. The molecule has 170 valence electrons. The van der Waals surface area contributed by atoms with E-state index in [1.807, 2.05) is 55.6 Å². The number of carbonyl (C=O) groups excluding carboxylic acids is 1. The van der Waals surface area contributed by atoms with Gasteiger partial charge < -0.3 is 9.64 Å². The number of hydrogen-bond donors (Lipinski definition) is 0. The molecular formula is C24H29ClN4O2S. The lowest BCUT2D eigenvalue weighted by atomic mass is 10.1. The number of ether oxygens (including phenoxy) is 1. The fraction of sp³-hybridized carbons (Fsp3) is 0.375. The van der Waals surface area contributed by atoms with E-state index in [0.717, 1.165) is 35.1 Å². The normalized spacial score (nSPS) is 12.0. The third-order valence-electron chi connectivity index (χ3n) is 5.10. The van der Waals surface area contributed by atoms with E-state index in [0.29, 0.717) is 22.9 Å². The molecule has 0 saturated heterocycles. The van der Waals surface area contributed by atoms with Crippen molar-refractivity contribution in [3.63, 3.8) is 0 Å². The maximum atomic E-state index is 12.4. The van der Waals surface area contributed by atoms with Gasteiger partial charge in [0.05, 0.1) is 17.7 Å². The summed E-state index contributed by atoms with van der Waals surface area (Å²) < 4.78 is 7.46. The second-order valence-corrected chi connectivity index (χ2v) is 9.02. The highest BCUT2D eigenvalue weighted by molar-refractivity contribution is 7.98. The smallest absolute Gasteiger partial charge is 0.253 e. The Morgan fingerprint density at radius 1 is 1.19 bits per heavy atom. The second-order valence-electron chi connectivity index (χ2n) is 7.67. The van der Waals surface area contributed by atoms with Crippen LogP contribution >= 0.6 is 23.4 Å². The monoisotopic (exact) mass is 472 g/mol. The molecule has 32 heavy (non-hydrogen) atoms. The van der Waals surface area contributed by atoms with E-state index in [4.69, 9.17) is 16.3 Å². The molecule has 2 aromatic carbocycles. The summed E-state index contributed by atoms with van der Waals surface area (Å²) in [6.07, 6.45) is 0.940. The third-order valence-corrected chi connectivity index (χ3v) is 6.45. The first kappa shape index (κ1) is 24.3. The highest BCUT2D eigenvalue weighted by Gasteiger charge is 2.21. The molecule has 0 bridgehead atoms. The SMILES string of the molecule is CCCN(C)C(=O)c1ccc(CSc2nnc(-c3ccccc3Cl)n2[C@H](C)COC)cc1. The predicted octanol–water partition coefficient (Wildman–Crippen LogP) is 5.58. The lowest BCUT2D eigenvalue weighted by Crippen LogP contribution is -2.27. The summed E-state index contributed by atoms with van der Waals surface area (Å²) in [5.74, 6) is 1.48. The summed E-state index contributed by atoms with van der Waals surface area (Å²) in [5, 5.41) is 10.3. The molecule has 6 nitrogen and oxygen atoms in total. The van der Waals surface area contributed by atoms with Crippen LogP contribution in [0.2, 0.25) is 5.02 Å². The molecule has 0 N–H and O–H groups in total. The summed E-state index contributed by atoms with van der Waals surface area (Å²) in [7, 11) is 3.52. The molecule has 1 amide bonds. The highest BCUT2D eigenvalue weighted by atomic mass is 35.5. The Bertz CT molecular complexity index is 1040. The zero-order chi connectivity index (χ0) is 23.1. The van der Waals surface area contributed by atoms with Gasteiger partial charge in [-0.15, -0.1) is 10.2 Å². The number of amides is 1. The number of nitrogens with zero attached hydrogens (tertiary/aromatic N) is 4.